The standard InChI is InChI=1S/C11H24N2O/c1-10(2)12-11-5-4-6-13(9-11)7-8-14-3/h10-12H,4-9H2,1-3H3. The smallest absolute Gasteiger partial charge is 0.0589 e. The fourth-order valence-electron chi connectivity index (χ4n) is 2.09. The van der Waals surface area contributed by atoms with Gasteiger partial charge in [-0.3, -0.25) is 4.90 Å². The molecular weight excluding hydrogens is 176 g/mol. The molecule has 0 saturated carbocycles. The van der Waals surface area contributed by atoms with Crippen LogP contribution in [0.5, 0.6) is 0 Å². The van der Waals surface area contributed by atoms with Gasteiger partial charge in [0.25, 0.3) is 0 Å². The minimum Gasteiger partial charge on any atom is -0.383 e. The number of hydrogen-bond acceptors (Lipinski definition) is 3. The maximum atomic E-state index is 5.10. The van der Waals surface area contributed by atoms with Crippen LogP contribution in [-0.2, 0) is 4.74 Å². The maximum absolute atomic E-state index is 5.10. The predicted octanol–water partition coefficient (Wildman–Crippen LogP) is 1.10. The minimum atomic E-state index is 0.599. The van der Waals surface area contributed by atoms with Crippen LogP contribution < -0.4 is 5.32 Å². The van der Waals surface area contributed by atoms with Crippen molar-refractivity contribution in [1.82, 2.24) is 10.2 Å². The van der Waals surface area contributed by atoms with E-state index in [1.54, 1.807) is 7.11 Å². The number of nitrogens with zero attached hydrogens (tertiary/aromatic N) is 1. The molecule has 0 spiro atoms. The second-order valence-corrected chi connectivity index (χ2v) is 4.45. The molecule has 1 fully saturated rings. The molecule has 1 rings (SSSR count). The highest BCUT2D eigenvalue weighted by molar-refractivity contribution is 4.79. The first-order valence-electron chi connectivity index (χ1n) is 5.69. The summed E-state index contributed by atoms with van der Waals surface area (Å²) in [5.41, 5.74) is 0. The first-order valence-corrected chi connectivity index (χ1v) is 5.69. The maximum Gasteiger partial charge on any atom is 0.0589 e. The first-order chi connectivity index (χ1) is 6.72. The van der Waals surface area contributed by atoms with Gasteiger partial charge < -0.3 is 10.1 Å². The fraction of sp³-hybridized carbons (Fsp3) is 1.00. The van der Waals surface area contributed by atoms with Gasteiger partial charge in [0.1, 0.15) is 0 Å². The summed E-state index contributed by atoms with van der Waals surface area (Å²) >= 11 is 0. The van der Waals surface area contributed by atoms with E-state index in [2.05, 4.69) is 24.1 Å². The third-order valence-electron chi connectivity index (χ3n) is 2.69. The van der Waals surface area contributed by atoms with Crippen molar-refractivity contribution in [3.8, 4) is 0 Å². The lowest BCUT2D eigenvalue weighted by molar-refractivity contribution is 0.121. The van der Waals surface area contributed by atoms with Crippen molar-refractivity contribution in [3.63, 3.8) is 0 Å². The number of piperidine rings is 1. The number of hydrogen-bond donors (Lipinski definition) is 1. The Hall–Kier alpha value is -0.120. The van der Waals surface area contributed by atoms with Gasteiger partial charge in [-0.1, -0.05) is 13.8 Å². The predicted molar refractivity (Wildman–Crippen MR) is 59.6 cm³/mol. The molecule has 14 heavy (non-hydrogen) atoms. The number of ether oxygens (including phenoxy) is 1. The highest BCUT2D eigenvalue weighted by Crippen LogP contribution is 2.10. The fourth-order valence-corrected chi connectivity index (χ4v) is 2.09. The van der Waals surface area contributed by atoms with Crippen LogP contribution in [0.15, 0.2) is 0 Å². The molecular formula is C11H24N2O. The highest BCUT2D eigenvalue weighted by atomic mass is 16.5. The third-order valence-corrected chi connectivity index (χ3v) is 2.69. The number of likely N-dealkylation sites (tertiary alicyclic amines) is 1. The molecule has 0 aromatic heterocycles. The molecule has 0 aromatic carbocycles. The zero-order valence-electron chi connectivity index (χ0n) is 9.75. The largest absolute Gasteiger partial charge is 0.383 e. The van der Waals surface area contributed by atoms with E-state index in [-0.39, 0.29) is 0 Å². The van der Waals surface area contributed by atoms with Crippen molar-refractivity contribution in [1.29, 1.82) is 0 Å². The first kappa shape index (κ1) is 12.0. The van der Waals surface area contributed by atoms with Crippen LogP contribution in [0.4, 0.5) is 0 Å². The second kappa shape index (κ2) is 6.38. The second-order valence-electron chi connectivity index (χ2n) is 4.45. The monoisotopic (exact) mass is 200 g/mol. The average Bonchev–Trinajstić information content (AvgIpc) is 2.14. The Kier molecular flexibility index (Phi) is 5.45. The van der Waals surface area contributed by atoms with Crippen molar-refractivity contribution in [3.05, 3.63) is 0 Å². The molecule has 0 radical (unpaired) electrons. The Morgan fingerprint density at radius 2 is 2.29 bits per heavy atom. The van der Waals surface area contributed by atoms with Crippen molar-refractivity contribution < 1.29 is 4.74 Å². The minimum absolute atomic E-state index is 0.599. The van der Waals surface area contributed by atoms with Crippen molar-refractivity contribution in [2.24, 2.45) is 0 Å². The number of rotatable bonds is 5. The van der Waals surface area contributed by atoms with E-state index >= 15 is 0 Å². The van der Waals surface area contributed by atoms with Crippen LogP contribution in [0.1, 0.15) is 26.7 Å². The molecule has 3 heteroatoms. The van der Waals surface area contributed by atoms with Gasteiger partial charge in [0.05, 0.1) is 6.61 Å². The van der Waals surface area contributed by atoms with Crippen LogP contribution >= 0.6 is 0 Å². The molecule has 1 heterocycles. The molecule has 3 nitrogen and oxygen atoms in total. The van der Waals surface area contributed by atoms with E-state index in [1.807, 2.05) is 0 Å². The van der Waals surface area contributed by atoms with E-state index in [9.17, 15) is 0 Å². The Morgan fingerprint density at radius 1 is 1.50 bits per heavy atom. The van der Waals surface area contributed by atoms with Gasteiger partial charge in [0.2, 0.25) is 0 Å². The zero-order valence-corrected chi connectivity index (χ0v) is 9.75. The summed E-state index contributed by atoms with van der Waals surface area (Å²) in [6.07, 6.45) is 2.63. The van der Waals surface area contributed by atoms with Crippen LogP contribution in [0.25, 0.3) is 0 Å². The van der Waals surface area contributed by atoms with Gasteiger partial charge in [-0.15, -0.1) is 0 Å². The molecule has 1 saturated heterocycles. The Balaban J connectivity index is 2.21. The van der Waals surface area contributed by atoms with Gasteiger partial charge >= 0.3 is 0 Å². The molecule has 1 aliphatic heterocycles. The van der Waals surface area contributed by atoms with Gasteiger partial charge in [0, 0.05) is 32.3 Å². The van der Waals surface area contributed by atoms with Crippen LogP contribution in [0, 0.1) is 0 Å². The average molecular weight is 200 g/mol. The van der Waals surface area contributed by atoms with Crippen LogP contribution in [0.2, 0.25) is 0 Å². The molecule has 0 aromatic rings. The quantitative estimate of drug-likeness (QED) is 0.719. The van der Waals surface area contributed by atoms with Crippen molar-refractivity contribution in [2.75, 3.05) is 33.4 Å². The summed E-state index contributed by atoms with van der Waals surface area (Å²) in [6, 6.07) is 1.28. The van der Waals surface area contributed by atoms with E-state index in [1.165, 1.54) is 25.9 Å². The molecule has 0 amide bonds. The van der Waals surface area contributed by atoms with E-state index < -0.39 is 0 Å². The highest BCUT2D eigenvalue weighted by Gasteiger charge is 2.19. The summed E-state index contributed by atoms with van der Waals surface area (Å²) in [4.78, 5) is 2.49. The van der Waals surface area contributed by atoms with Gasteiger partial charge in [-0.2, -0.15) is 0 Å². The molecule has 1 aliphatic rings. The molecule has 1 N–H and O–H groups in total. The van der Waals surface area contributed by atoms with E-state index in [0.717, 1.165) is 13.2 Å². The lowest BCUT2D eigenvalue weighted by Gasteiger charge is -2.34. The Morgan fingerprint density at radius 3 is 2.93 bits per heavy atom. The van der Waals surface area contributed by atoms with Gasteiger partial charge in [-0.05, 0) is 19.4 Å². The van der Waals surface area contributed by atoms with Crippen LogP contribution in [-0.4, -0.2) is 50.3 Å². The summed E-state index contributed by atoms with van der Waals surface area (Å²) in [5, 5.41) is 3.61. The molecule has 0 bridgehead atoms. The molecule has 0 aliphatic carbocycles. The summed E-state index contributed by atoms with van der Waals surface area (Å²) in [6.45, 7) is 8.78. The summed E-state index contributed by atoms with van der Waals surface area (Å²) < 4.78 is 5.10. The Bertz CT molecular complexity index is 150. The van der Waals surface area contributed by atoms with Crippen molar-refractivity contribution in [2.45, 2.75) is 38.8 Å². The van der Waals surface area contributed by atoms with Crippen molar-refractivity contribution >= 4 is 0 Å². The SMILES string of the molecule is COCCN1CCCC(NC(C)C)C1. The summed E-state index contributed by atoms with van der Waals surface area (Å²) in [5.74, 6) is 0. The number of nitrogens with one attached hydrogen (secondary N) is 1. The Labute approximate surface area is 87.8 Å². The van der Waals surface area contributed by atoms with Gasteiger partial charge in [-0.25, -0.2) is 0 Å². The van der Waals surface area contributed by atoms with Gasteiger partial charge in [0.15, 0.2) is 0 Å². The molecule has 1 atom stereocenters. The van der Waals surface area contributed by atoms with E-state index in [0.29, 0.717) is 12.1 Å². The van der Waals surface area contributed by atoms with Crippen LogP contribution in [0.3, 0.4) is 0 Å². The molecule has 1 unspecified atom stereocenters. The lowest BCUT2D eigenvalue weighted by atomic mass is 10.1. The topological polar surface area (TPSA) is 24.5 Å². The normalized spacial score (nSPS) is 24.4. The third kappa shape index (κ3) is 4.40. The zero-order chi connectivity index (χ0) is 10.4. The lowest BCUT2D eigenvalue weighted by Crippen LogP contribution is -2.48. The van der Waals surface area contributed by atoms with E-state index in [4.69, 9.17) is 4.74 Å². The molecule has 84 valence electrons. The summed E-state index contributed by atoms with van der Waals surface area (Å²) in [7, 11) is 1.77. The number of methoxy groups -OCH3 is 1.